The van der Waals surface area contributed by atoms with Gasteiger partial charge in [0.1, 0.15) is 5.82 Å². The molecule has 2 N–H and O–H groups in total. The van der Waals surface area contributed by atoms with Gasteiger partial charge in [-0.2, -0.15) is 5.10 Å². The number of carbonyl (C=O) groups is 1. The van der Waals surface area contributed by atoms with Gasteiger partial charge in [-0.05, 0) is 18.6 Å². The lowest BCUT2D eigenvalue weighted by Crippen LogP contribution is -2.12. The van der Waals surface area contributed by atoms with Crippen molar-refractivity contribution in [3.63, 3.8) is 0 Å². The molecule has 0 saturated heterocycles. The number of amides is 1. The van der Waals surface area contributed by atoms with Crippen molar-refractivity contribution in [2.75, 3.05) is 5.32 Å². The molecule has 3 rings (SSSR count). The molecule has 7 heteroatoms. The Morgan fingerprint density at radius 1 is 1.33 bits per heavy atom. The van der Waals surface area contributed by atoms with Gasteiger partial charge < -0.3 is 10.3 Å². The average Bonchev–Trinajstić information content (AvgIpc) is 3.01. The van der Waals surface area contributed by atoms with Crippen LogP contribution in [-0.2, 0) is 13.5 Å². The Hall–Kier alpha value is -3.22. The van der Waals surface area contributed by atoms with Crippen molar-refractivity contribution in [3.8, 4) is 11.4 Å². The highest BCUT2D eigenvalue weighted by atomic mass is 16.1. The van der Waals surface area contributed by atoms with Crippen LogP contribution >= 0.6 is 0 Å². The molecule has 0 radical (unpaired) electrons. The summed E-state index contributed by atoms with van der Waals surface area (Å²) >= 11 is 0. The van der Waals surface area contributed by atoms with Gasteiger partial charge in [0.15, 0.2) is 0 Å². The van der Waals surface area contributed by atoms with E-state index in [4.69, 9.17) is 0 Å². The number of aryl methyl sites for hydroxylation is 2. The SMILES string of the molecule is CCc1cc(=O)[nH]c(-c2cccc(NC(=O)c3cnn(C)c3)c2)n1. The summed E-state index contributed by atoms with van der Waals surface area (Å²) in [4.78, 5) is 31.1. The van der Waals surface area contributed by atoms with E-state index >= 15 is 0 Å². The highest BCUT2D eigenvalue weighted by Gasteiger charge is 2.09. The van der Waals surface area contributed by atoms with Crippen LogP contribution in [0.3, 0.4) is 0 Å². The van der Waals surface area contributed by atoms with E-state index < -0.39 is 0 Å². The van der Waals surface area contributed by atoms with Crippen molar-refractivity contribution >= 4 is 11.6 Å². The average molecular weight is 323 g/mol. The standard InChI is InChI=1S/C17H17N5O2/c1-3-13-8-15(23)21-16(19-13)11-5-4-6-14(7-11)20-17(24)12-9-18-22(2)10-12/h4-10H,3H2,1-2H3,(H,20,24)(H,19,21,23). The lowest BCUT2D eigenvalue weighted by Gasteiger charge is -2.07. The van der Waals surface area contributed by atoms with Crippen molar-refractivity contribution in [1.29, 1.82) is 0 Å². The van der Waals surface area contributed by atoms with Crippen LogP contribution in [0.25, 0.3) is 11.4 Å². The predicted octanol–water partition coefficient (Wildman–Crippen LogP) is 1.99. The second-order valence-corrected chi connectivity index (χ2v) is 5.38. The molecule has 0 bridgehead atoms. The van der Waals surface area contributed by atoms with E-state index in [1.54, 1.807) is 36.1 Å². The van der Waals surface area contributed by atoms with Gasteiger partial charge in [0.05, 0.1) is 11.8 Å². The van der Waals surface area contributed by atoms with Crippen molar-refractivity contribution < 1.29 is 4.79 Å². The number of hydrogen-bond acceptors (Lipinski definition) is 4. The Kier molecular flexibility index (Phi) is 4.24. The highest BCUT2D eigenvalue weighted by molar-refractivity contribution is 6.04. The van der Waals surface area contributed by atoms with Gasteiger partial charge in [-0.25, -0.2) is 4.98 Å². The van der Waals surface area contributed by atoms with Crippen LogP contribution in [-0.4, -0.2) is 25.7 Å². The van der Waals surface area contributed by atoms with Crippen LogP contribution in [0.15, 0.2) is 47.5 Å². The number of aromatic nitrogens is 4. The predicted molar refractivity (Wildman–Crippen MR) is 90.8 cm³/mol. The summed E-state index contributed by atoms with van der Waals surface area (Å²) in [6, 6.07) is 8.66. The number of aromatic amines is 1. The molecule has 0 spiro atoms. The van der Waals surface area contributed by atoms with Crippen LogP contribution in [0.2, 0.25) is 0 Å². The van der Waals surface area contributed by atoms with Crippen molar-refractivity contribution in [2.24, 2.45) is 7.05 Å². The summed E-state index contributed by atoms with van der Waals surface area (Å²) < 4.78 is 1.57. The molecule has 122 valence electrons. The Morgan fingerprint density at radius 2 is 2.17 bits per heavy atom. The minimum Gasteiger partial charge on any atom is -0.322 e. The summed E-state index contributed by atoms with van der Waals surface area (Å²) in [6.45, 7) is 1.94. The first-order valence-electron chi connectivity index (χ1n) is 7.56. The van der Waals surface area contributed by atoms with E-state index in [1.165, 1.54) is 12.3 Å². The van der Waals surface area contributed by atoms with Gasteiger partial charge in [0.25, 0.3) is 11.5 Å². The molecule has 3 aromatic rings. The fourth-order valence-corrected chi connectivity index (χ4v) is 2.31. The maximum absolute atomic E-state index is 12.2. The van der Waals surface area contributed by atoms with Gasteiger partial charge in [-0.15, -0.1) is 0 Å². The molecule has 0 unspecified atom stereocenters. The molecule has 2 aromatic heterocycles. The zero-order valence-corrected chi connectivity index (χ0v) is 13.4. The quantitative estimate of drug-likeness (QED) is 0.768. The Bertz CT molecular complexity index is 942. The lowest BCUT2D eigenvalue weighted by molar-refractivity contribution is 0.102. The zero-order valence-electron chi connectivity index (χ0n) is 13.4. The monoisotopic (exact) mass is 323 g/mol. The minimum absolute atomic E-state index is 0.193. The van der Waals surface area contributed by atoms with E-state index in [0.717, 1.165) is 11.3 Å². The molecule has 0 aliphatic heterocycles. The first-order chi connectivity index (χ1) is 11.5. The summed E-state index contributed by atoms with van der Waals surface area (Å²) in [5.41, 5.74) is 2.35. The van der Waals surface area contributed by atoms with Gasteiger partial charge in [-0.1, -0.05) is 19.1 Å². The van der Waals surface area contributed by atoms with Crippen molar-refractivity contribution in [2.45, 2.75) is 13.3 Å². The lowest BCUT2D eigenvalue weighted by atomic mass is 10.1. The third-order valence-electron chi connectivity index (χ3n) is 3.52. The van der Waals surface area contributed by atoms with Crippen LogP contribution in [0.1, 0.15) is 23.0 Å². The number of benzene rings is 1. The fraction of sp³-hybridized carbons (Fsp3) is 0.176. The van der Waals surface area contributed by atoms with E-state index in [1.807, 2.05) is 13.0 Å². The zero-order chi connectivity index (χ0) is 17.1. The number of carbonyl (C=O) groups excluding carboxylic acids is 1. The van der Waals surface area contributed by atoms with Crippen LogP contribution in [0, 0.1) is 0 Å². The van der Waals surface area contributed by atoms with Gasteiger partial charge in [-0.3, -0.25) is 14.3 Å². The van der Waals surface area contributed by atoms with E-state index in [2.05, 4.69) is 20.4 Å². The number of nitrogens with one attached hydrogen (secondary N) is 2. The van der Waals surface area contributed by atoms with Gasteiger partial charge >= 0.3 is 0 Å². The molecule has 7 nitrogen and oxygen atoms in total. The Balaban J connectivity index is 1.88. The van der Waals surface area contributed by atoms with Crippen molar-refractivity contribution in [1.82, 2.24) is 19.7 Å². The van der Waals surface area contributed by atoms with Crippen LogP contribution in [0.5, 0.6) is 0 Å². The third-order valence-corrected chi connectivity index (χ3v) is 3.52. The highest BCUT2D eigenvalue weighted by Crippen LogP contribution is 2.19. The van der Waals surface area contributed by atoms with Crippen LogP contribution < -0.4 is 10.9 Å². The Labute approximate surface area is 138 Å². The molecular formula is C17H17N5O2. The molecule has 1 amide bonds. The summed E-state index contributed by atoms with van der Waals surface area (Å²) in [5.74, 6) is 0.237. The van der Waals surface area contributed by atoms with E-state index in [0.29, 0.717) is 23.5 Å². The molecule has 2 heterocycles. The van der Waals surface area contributed by atoms with Gasteiger partial charge in [0.2, 0.25) is 0 Å². The Morgan fingerprint density at radius 3 is 2.88 bits per heavy atom. The second kappa shape index (κ2) is 6.49. The normalized spacial score (nSPS) is 10.6. The summed E-state index contributed by atoms with van der Waals surface area (Å²) in [6.07, 6.45) is 3.82. The second-order valence-electron chi connectivity index (χ2n) is 5.38. The van der Waals surface area contributed by atoms with E-state index in [9.17, 15) is 9.59 Å². The fourth-order valence-electron chi connectivity index (χ4n) is 2.31. The molecule has 1 aromatic carbocycles. The molecule has 0 fully saturated rings. The largest absolute Gasteiger partial charge is 0.322 e. The molecule has 0 atom stereocenters. The third kappa shape index (κ3) is 3.40. The summed E-state index contributed by atoms with van der Waals surface area (Å²) in [7, 11) is 1.75. The van der Waals surface area contributed by atoms with Gasteiger partial charge in [0, 0.05) is 36.3 Å². The number of nitrogens with zero attached hydrogens (tertiary/aromatic N) is 3. The minimum atomic E-state index is -0.246. The first-order valence-corrected chi connectivity index (χ1v) is 7.56. The topological polar surface area (TPSA) is 92.7 Å². The maximum Gasteiger partial charge on any atom is 0.258 e. The molecule has 0 aliphatic carbocycles. The molecule has 0 aliphatic rings. The smallest absolute Gasteiger partial charge is 0.258 e. The number of hydrogen-bond donors (Lipinski definition) is 2. The number of H-pyrrole nitrogens is 1. The maximum atomic E-state index is 12.2. The molecular weight excluding hydrogens is 306 g/mol. The summed E-state index contributed by atoms with van der Waals surface area (Å²) in [5, 5.41) is 6.79. The number of rotatable bonds is 4. The number of anilines is 1. The van der Waals surface area contributed by atoms with Crippen molar-refractivity contribution in [3.05, 3.63) is 64.3 Å². The first kappa shape index (κ1) is 15.7. The van der Waals surface area contributed by atoms with E-state index in [-0.39, 0.29) is 11.5 Å². The van der Waals surface area contributed by atoms with Crippen LogP contribution in [0.4, 0.5) is 5.69 Å². The molecule has 0 saturated carbocycles. The molecule has 24 heavy (non-hydrogen) atoms.